The summed E-state index contributed by atoms with van der Waals surface area (Å²) < 4.78 is 0. The number of aliphatic hydroxyl groups is 1. The van der Waals surface area contributed by atoms with E-state index in [-0.39, 0.29) is 0 Å². The Labute approximate surface area is 112 Å². The van der Waals surface area contributed by atoms with Gasteiger partial charge in [-0.1, -0.05) is 0 Å². The van der Waals surface area contributed by atoms with E-state index in [1.54, 1.807) is 19.3 Å². The van der Waals surface area contributed by atoms with Crippen LogP contribution >= 0.6 is 0 Å². The Morgan fingerprint density at radius 1 is 1.00 bits per heavy atom. The minimum atomic E-state index is 0.335. The molecule has 4 aliphatic carbocycles. The van der Waals surface area contributed by atoms with Crippen LogP contribution in [0.4, 0.5) is 0 Å². The minimum Gasteiger partial charge on any atom is -0.396 e. The fourth-order valence-corrected chi connectivity index (χ4v) is 5.48. The van der Waals surface area contributed by atoms with Crippen molar-refractivity contribution in [3.8, 4) is 0 Å². The standard InChI is InChI=1S/C16H29NO/c1-17(4-2-6-18)5-3-16-10-13-7-14(11-16)9-15(8-13)12-16/h13-15,18H,2-12H2,1H3. The number of hydrogen-bond acceptors (Lipinski definition) is 2. The third-order valence-electron chi connectivity index (χ3n) is 5.89. The second-order valence-corrected chi connectivity index (χ2v) is 7.55. The van der Waals surface area contributed by atoms with Crippen molar-refractivity contribution in [3.63, 3.8) is 0 Å². The molecule has 2 heteroatoms. The lowest BCUT2D eigenvalue weighted by Crippen LogP contribution is -2.47. The fraction of sp³-hybridized carbons (Fsp3) is 1.00. The van der Waals surface area contributed by atoms with Gasteiger partial charge < -0.3 is 10.0 Å². The van der Waals surface area contributed by atoms with Gasteiger partial charge in [0.1, 0.15) is 0 Å². The van der Waals surface area contributed by atoms with Crippen LogP contribution in [-0.2, 0) is 0 Å². The van der Waals surface area contributed by atoms with Gasteiger partial charge in [0.2, 0.25) is 0 Å². The van der Waals surface area contributed by atoms with Gasteiger partial charge in [-0.2, -0.15) is 0 Å². The van der Waals surface area contributed by atoms with E-state index in [0.29, 0.717) is 6.61 Å². The SMILES string of the molecule is CN(CCCO)CCC12CC3CC(CC(C3)C1)C2. The summed E-state index contributed by atoms with van der Waals surface area (Å²) in [4.78, 5) is 2.43. The van der Waals surface area contributed by atoms with E-state index in [1.807, 2.05) is 0 Å². The molecule has 0 spiro atoms. The molecule has 4 rings (SSSR count). The van der Waals surface area contributed by atoms with Crippen LogP contribution in [0.3, 0.4) is 0 Å². The van der Waals surface area contributed by atoms with Crippen molar-refractivity contribution in [1.82, 2.24) is 4.90 Å². The Morgan fingerprint density at radius 2 is 1.56 bits per heavy atom. The lowest BCUT2D eigenvalue weighted by Gasteiger charge is -2.57. The first kappa shape index (κ1) is 12.9. The highest BCUT2D eigenvalue weighted by Crippen LogP contribution is 2.61. The molecular weight excluding hydrogens is 222 g/mol. The normalized spacial score (nSPS) is 41.8. The Bertz CT molecular complexity index is 254. The zero-order valence-corrected chi connectivity index (χ0v) is 11.9. The predicted molar refractivity (Wildman–Crippen MR) is 74.4 cm³/mol. The average molecular weight is 251 g/mol. The van der Waals surface area contributed by atoms with Crippen molar-refractivity contribution >= 4 is 0 Å². The Kier molecular flexibility index (Phi) is 3.68. The summed E-state index contributed by atoms with van der Waals surface area (Å²) in [5, 5.41) is 8.89. The maximum absolute atomic E-state index is 8.89. The number of hydrogen-bond donors (Lipinski definition) is 1. The van der Waals surface area contributed by atoms with Crippen molar-refractivity contribution < 1.29 is 5.11 Å². The van der Waals surface area contributed by atoms with Crippen molar-refractivity contribution in [2.45, 2.75) is 51.4 Å². The van der Waals surface area contributed by atoms with E-state index in [9.17, 15) is 0 Å². The Morgan fingerprint density at radius 3 is 2.06 bits per heavy atom. The highest BCUT2D eigenvalue weighted by molar-refractivity contribution is 5.01. The van der Waals surface area contributed by atoms with Crippen molar-refractivity contribution in [2.24, 2.45) is 23.2 Å². The monoisotopic (exact) mass is 251 g/mol. The lowest BCUT2D eigenvalue weighted by atomic mass is 9.49. The molecule has 1 N–H and O–H groups in total. The van der Waals surface area contributed by atoms with Gasteiger partial charge in [0.05, 0.1) is 0 Å². The van der Waals surface area contributed by atoms with Crippen LogP contribution in [0, 0.1) is 23.2 Å². The summed E-state index contributed by atoms with van der Waals surface area (Å²) in [6.07, 6.45) is 11.6. The first-order chi connectivity index (χ1) is 8.69. The highest BCUT2D eigenvalue weighted by atomic mass is 16.3. The van der Waals surface area contributed by atoms with Crippen molar-refractivity contribution in [1.29, 1.82) is 0 Å². The van der Waals surface area contributed by atoms with Crippen LogP contribution in [0.5, 0.6) is 0 Å². The van der Waals surface area contributed by atoms with Gasteiger partial charge in [0.25, 0.3) is 0 Å². The number of nitrogens with zero attached hydrogens (tertiary/aromatic N) is 1. The molecule has 0 heterocycles. The molecule has 4 bridgehead atoms. The summed E-state index contributed by atoms with van der Waals surface area (Å²) in [6.45, 7) is 2.64. The summed E-state index contributed by atoms with van der Waals surface area (Å²) >= 11 is 0. The van der Waals surface area contributed by atoms with Gasteiger partial charge in [-0.25, -0.2) is 0 Å². The molecule has 0 aliphatic heterocycles. The molecule has 4 saturated carbocycles. The molecule has 0 saturated heterocycles. The third kappa shape index (κ3) is 2.60. The van der Waals surface area contributed by atoms with E-state index < -0.39 is 0 Å². The number of rotatable bonds is 6. The molecule has 0 atom stereocenters. The maximum Gasteiger partial charge on any atom is 0.0443 e. The van der Waals surface area contributed by atoms with E-state index in [2.05, 4.69) is 11.9 Å². The largest absolute Gasteiger partial charge is 0.396 e. The van der Waals surface area contributed by atoms with Gasteiger partial charge in [-0.05, 0) is 88.1 Å². The van der Waals surface area contributed by atoms with Gasteiger partial charge >= 0.3 is 0 Å². The number of aliphatic hydroxyl groups excluding tert-OH is 1. The molecule has 0 aromatic rings. The molecule has 4 fully saturated rings. The molecule has 0 aromatic carbocycles. The van der Waals surface area contributed by atoms with Gasteiger partial charge in [-0.15, -0.1) is 0 Å². The molecule has 18 heavy (non-hydrogen) atoms. The van der Waals surface area contributed by atoms with E-state index in [0.717, 1.165) is 36.1 Å². The first-order valence-electron chi connectivity index (χ1n) is 7.98. The third-order valence-corrected chi connectivity index (χ3v) is 5.89. The van der Waals surface area contributed by atoms with Crippen molar-refractivity contribution in [3.05, 3.63) is 0 Å². The second kappa shape index (κ2) is 5.13. The topological polar surface area (TPSA) is 23.5 Å². The van der Waals surface area contributed by atoms with Crippen LogP contribution in [0.15, 0.2) is 0 Å². The van der Waals surface area contributed by atoms with Crippen LogP contribution in [0.2, 0.25) is 0 Å². The summed E-state index contributed by atoms with van der Waals surface area (Å²) in [7, 11) is 2.22. The van der Waals surface area contributed by atoms with Crippen LogP contribution in [0.1, 0.15) is 51.4 Å². The molecule has 2 nitrogen and oxygen atoms in total. The van der Waals surface area contributed by atoms with Gasteiger partial charge in [0, 0.05) is 13.2 Å². The molecule has 4 aliphatic rings. The zero-order valence-electron chi connectivity index (χ0n) is 11.9. The molecule has 0 amide bonds. The Hall–Kier alpha value is -0.0800. The highest BCUT2D eigenvalue weighted by Gasteiger charge is 2.50. The molecule has 0 aromatic heterocycles. The van der Waals surface area contributed by atoms with Crippen LogP contribution in [-0.4, -0.2) is 36.8 Å². The maximum atomic E-state index is 8.89. The lowest BCUT2D eigenvalue weighted by molar-refractivity contribution is -0.0603. The average Bonchev–Trinajstić information content (AvgIpc) is 2.32. The van der Waals surface area contributed by atoms with E-state index in [1.165, 1.54) is 32.2 Å². The van der Waals surface area contributed by atoms with Crippen LogP contribution in [0.25, 0.3) is 0 Å². The predicted octanol–water partition coefficient (Wildman–Crippen LogP) is 2.91. The Balaban J connectivity index is 1.52. The summed E-state index contributed by atoms with van der Waals surface area (Å²) in [5.41, 5.74) is 0.724. The second-order valence-electron chi connectivity index (χ2n) is 7.55. The molecule has 0 unspecified atom stereocenters. The van der Waals surface area contributed by atoms with E-state index >= 15 is 0 Å². The zero-order chi connectivity index (χ0) is 12.6. The van der Waals surface area contributed by atoms with Crippen LogP contribution < -0.4 is 0 Å². The van der Waals surface area contributed by atoms with E-state index in [4.69, 9.17) is 5.11 Å². The summed E-state index contributed by atoms with van der Waals surface area (Å²) in [5.74, 6) is 3.25. The van der Waals surface area contributed by atoms with Gasteiger partial charge in [0.15, 0.2) is 0 Å². The fourth-order valence-electron chi connectivity index (χ4n) is 5.48. The van der Waals surface area contributed by atoms with Gasteiger partial charge in [-0.3, -0.25) is 0 Å². The quantitative estimate of drug-likeness (QED) is 0.784. The summed E-state index contributed by atoms with van der Waals surface area (Å²) in [6, 6.07) is 0. The molecular formula is C16H29NO. The van der Waals surface area contributed by atoms with Crippen molar-refractivity contribution in [2.75, 3.05) is 26.7 Å². The molecule has 104 valence electrons. The molecule has 0 radical (unpaired) electrons. The first-order valence-corrected chi connectivity index (χ1v) is 7.98. The smallest absolute Gasteiger partial charge is 0.0443 e. The minimum absolute atomic E-state index is 0.335.